The maximum Gasteiger partial charge on any atom is 0.335 e. The number of fused-ring (bicyclic) bond motifs is 1. The van der Waals surface area contributed by atoms with Crippen LogP contribution in [0.5, 0.6) is 0 Å². The predicted molar refractivity (Wildman–Crippen MR) is 70.0 cm³/mol. The van der Waals surface area contributed by atoms with Crippen molar-refractivity contribution in [3.8, 4) is 11.4 Å². The van der Waals surface area contributed by atoms with E-state index in [4.69, 9.17) is 5.11 Å². The Morgan fingerprint density at radius 1 is 1.11 bits per heavy atom. The fourth-order valence-corrected chi connectivity index (χ4v) is 2.46. The molecule has 0 spiro atoms. The molecule has 0 amide bonds. The number of carboxylic acids is 1. The van der Waals surface area contributed by atoms with E-state index in [9.17, 15) is 4.79 Å². The Morgan fingerprint density at radius 3 is 2.63 bits per heavy atom. The SMILES string of the molecule is O=C(O)c1ccc(-c2nnc3n2CCCCC3)cc1. The molecule has 0 bridgehead atoms. The van der Waals surface area contributed by atoms with Crippen molar-refractivity contribution in [2.75, 3.05) is 0 Å². The van der Waals surface area contributed by atoms with Crippen LogP contribution in [0.4, 0.5) is 0 Å². The summed E-state index contributed by atoms with van der Waals surface area (Å²) in [5, 5.41) is 17.4. The lowest BCUT2D eigenvalue weighted by Crippen LogP contribution is -2.03. The van der Waals surface area contributed by atoms with Crippen molar-refractivity contribution in [2.45, 2.75) is 32.2 Å². The average Bonchev–Trinajstić information content (AvgIpc) is 2.68. The summed E-state index contributed by atoms with van der Waals surface area (Å²) in [6.45, 7) is 0.943. The maximum atomic E-state index is 10.8. The van der Waals surface area contributed by atoms with Crippen molar-refractivity contribution >= 4 is 5.97 Å². The van der Waals surface area contributed by atoms with Gasteiger partial charge in [-0.05, 0) is 25.0 Å². The Kier molecular flexibility index (Phi) is 3.03. The number of aromatic carboxylic acids is 1. The van der Waals surface area contributed by atoms with Gasteiger partial charge in [-0.25, -0.2) is 4.79 Å². The molecule has 3 rings (SSSR count). The molecule has 0 fully saturated rings. The number of carboxylic acid groups (broad SMARTS) is 1. The van der Waals surface area contributed by atoms with E-state index >= 15 is 0 Å². The molecule has 0 saturated carbocycles. The summed E-state index contributed by atoms with van der Waals surface area (Å²) in [6, 6.07) is 6.81. The average molecular weight is 257 g/mol. The topological polar surface area (TPSA) is 68.0 Å². The van der Waals surface area contributed by atoms with Crippen molar-refractivity contribution in [1.29, 1.82) is 0 Å². The third-order valence-corrected chi connectivity index (χ3v) is 3.50. The van der Waals surface area contributed by atoms with E-state index in [1.54, 1.807) is 24.3 Å². The molecular formula is C14H15N3O2. The molecular weight excluding hydrogens is 242 g/mol. The highest BCUT2D eigenvalue weighted by Gasteiger charge is 2.16. The quantitative estimate of drug-likeness (QED) is 0.896. The van der Waals surface area contributed by atoms with Gasteiger partial charge >= 0.3 is 5.97 Å². The molecule has 0 aliphatic carbocycles. The lowest BCUT2D eigenvalue weighted by atomic mass is 10.1. The molecule has 0 atom stereocenters. The first-order valence-corrected chi connectivity index (χ1v) is 6.51. The predicted octanol–water partition coefficient (Wildman–Crippen LogP) is 2.37. The number of carbonyl (C=O) groups is 1. The van der Waals surface area contributed by atoms with Crippen LogP contribution in [-0.2, 0) is 13.0 Å². The van der Waals surface area contributed by atoms with Crippen LogP contribution < -0.4 is 0 Å². The zero-order valence-corrected chi connectivity index (χ0v) is 10.5. The van der Waals surface area contributed by atoms with E-state index in [2.05, 4.69) is 14.8 Å². The van der Waals surface area contributed by atoms with E-state index in [-0.39, 0.29) is 0 Å². The van der Waals surface area contributed by atoms with Crippen LogP contribution in [0.3, 0.4) is 0 Å². The van der Waals surface area contributed by atoms with Crippen molar-refractivity contribution in [1.82, 2.24) is 14.8 Å². The Balaban J connectivity index is 1.98. The first kappa shape index (κ1) is 11.9. The van der Waals surface area contributed by atoms with Crippen LogP contribution in [0.25, 0.3) is 11.4 Å². The summed E-state index contributed by atoms with van der Waals surface area (Å²) >= 11 is 0. The summed E-state index contributed by atoms with van der Waals surface area (Å²) in [4.78, 5) is 10.8. The lowest BCUT2D eigenvalue weighted by Gasteiger charge is -2.07. The van der Waals surface area contributed by atoms with Gasteiger partial charge in [0.2, 0.25) is 0 Å². The van der Waals surface area contributed by atoms with Gasteiger partial charge in [-0.2, -0.15) is 0 Å². The normalized spacial score (nSPS) is 14.7. The minimum Gasteiger partial charge on any atom is -0.478 e. The summed E-state index contributed by atoms with van der Waals surface area (Å²) in [5.41, 5.74) is 1.21. The summed E-state index contributed by atoms with van der Waals surface area (Å²) in [6.07, 6.45) is 4.50. The Hall–Kier alpha value is -2.17. The first-order chi connectivity index (χ1) is 9.25. The van der Waals surface area contributed by atoms with Crippen LogP contribution >= 0.6 is 0 Å². The minimum absolute atomic E-state index is 0.291. The second kappa shape index (κ2) is 4.84. The maximum absolute atomic E-state index is 10.8. The molecule has 19 heavy (non-hydrogen) atoms. The molecule has 1 aromatic carbocycles. The van der Waals surface area contributed by atoms with Crippen LogP contribution in [0.1, 0.15) is 35.4 Å². The highest BCUT2D eigenvalue weighted by Crippen LogP contribution is 2.22. The second-order valence-electron chi connectivity index (χ2n) is 4.78. The van der Waals surface area contributed by atoms with Crippen LogP contribution in [0, 0.1) is 0 Å². The van der Waals surface area contributed by atoms with Gasteiger partial charge in [0.05, 0.1) is 5.56 Å². The fraction of sp³-hybridized carbons (Fsp3) is 0.357. The van der Waals surface area contributed by atoms with E-state index < -0.39 is 5.97 Å². The van der Waals surface area contributed by atoms with E-state index in [0.29, 0.717) is 5.56 Å². The molecule has 98 valence electrons. The van der Waals surface area contributed by atoms with Crippen LogP contribution in [0.15, 0.2) is 24.3 Å². The molecule has 5 nitrogen and oxygen atoms in total. The van der Waals surface area contributed by atoms with Gasteiger partial charge in [-0.15, -0.1) is 10.2 Å². The molecule has 2 aromatic rings. The minimum atomic E-state index is -0.911. The molecule has 2 heterocycles. The van der Waals surface area contributed by atoms with Gasteiger partial charge in [0, 0.05) is 18.5 Å². The van der Waals surface area contributed by atoms with E-state index in [1.807, 2.05) is 0 Å². The van der Waals surface area contributed by atoms with Crippen LogP contribution in [0.2, 0.25) is 0 Å². The number of aryl methyl sites for hydroxylation is 1. The number of aromatic nitrogens is 3. The molecule has 0 radical (unpaired) electrons. The van der Waals surface area contributed by atoms with Crippen LogP contribution in [-0.4, -0.2) is 25.8 Å². The Labute approximate surface area is 110 Å². The van der Waals surface area contributed by atoms with Crippen molar-refractivity contribution in [3.05, 3.63) is 35.7 Å². The van der Waals surface area contributed by atoms with Crippen molar-refractivity contribution in [3.63, 3.8) is 0 Å². The highest BCUT2D eigenvalue weighted by molar-refractivity contribution is 5.88. The fourth-order valence-electron chi connectivity index (χ4n) is 2.46. The highest BCUT2D eigenvalue weighted by atomic mass is 16.4. The van der Waals surface area contributed by atoms with Gasteiger partial charge < -0.3 is 9.67 Å². The van der Waals surface area contributed by atoms with Gasteiger partial charge in [-0.3, -0.25) is 0 Å². The first-order valence-electron chi connectivity index (χ1n) is 6.51. The zero-order valence-electron chi connectivity index (χ0n) is 10.5. The number of hydrogen-bond acceptors (Lipinski definition) is 3. The monoisotopic (exact) mass is 257 g/mol. The third kappa shape index (κ3) is 2.23. The van der Waals surface area contributed by atoms with Gasteiger partial charge in [0.1, 0.15) is 5.82 Å². The smallest absolute Gasteiger partial charge is 0.335 e. The van der Waals surface area contributed by atoms with E-state index in [0.717, 1.165) is 43.0 Å². The zero-order chi connectivity index (χ0) is 13.2. The molecule has 1 aromatic heterocycles. The summed E-state index contributed by atoms with van der Waals surface area (Å²) in [5.74, 6) is 0.968. The van der Waals surface area contributed by atoms with Gasteiger partial charge in [0.15, 0.2) is 5.82 Å². The third-order valence-electron chi connectivity index (χ3n) is 3.50. The number of benzene rings is 1. The Bertz CT molecular complexity index is 602. The van der Waals surface area contributed by atoms with Gasteiger partial charge in [-0.1, -0.05) is 18.6 Å². The standard InChI is InChI=1S/C14H15N3O2/c18-14(19)11-7-5-10(6-8-11)13-16-15-12-4-2-1-3-9-17(12)13/h5-8H,1-4,9H2,(H,18,19). The molecule has 1 N–H and O–H groups in total. The molecule has 5 heteroatoms. The second-order valence-corrected chi connectivity index (χ2v) is 4.78. The molecule has 0 unspecified atom stereocenters. The number of nitrogens with zero attached hydrogens (tertiary/aromatic N) is 3. The number of rotatable bonds is 2. The van der Waals surface area contributed by atoms with Crippen molar-refractivity contribution < 1.29 is 9.90 Å². The Morgan fingerprint density at radius 2 is 1.89 bits per heavy atom. The van der Waals surface area contributed by atoms with Gasteiger partial charge in [0.25, 0.3) is 0 Å². The largest absolute Gasteiger partial charge is 0.478 e. The summed E-state index contributed by atoms with van der Waals surface area (Å²) < 4.78 is 2.16. The molecule has 1 aliphatic heterocycles. The number of hydrogen-bond donors (Lipinski definition) is 1. The summed E-state index contributed by atoms with van der Waals surface area (Å²) in [7, 11) is 0. The molecule has 0 saturated heterocycles. The van der Waals surface area contributed by atoms with Crippen molar-refractivity contribution in [2.24, 2.45) is 0 Å². The lowest BCUT2D eigenvalue weighted by molar-refractivity contribution is 0.0697. The molecule has 1 aliphatic rings. The van der Waals surface area contributed by atoms with E-state index in [1.165, 1.54) is 6.42 Å².